The van der Waals surface area contributed by atoms with Gasteiger partial charge < -0.3 is 44.1 Å². The normalized spacial score (nSPS) is 34.6. The van der Waals surface area contributed by atoms with Crippen LogP contribution in [-0.2, 0) is 33.3 Å². The number of aliphatic hydroxyl groups excluding tert-OH is 4. The van der Waals surface area contributed by atoms with E-state index in [0.29, 0.717) is 12.0 Å². The Balaban J connectivity index is 2.25. The van der Waals surface area contributed by atoms with E-state index >= 15 is 0 Å². The van der Waals surface area contributed by atoms with E-state index in [1.54, 1.807) is 13.0 Å². The lowest BCUT2D eigenvalue weighted by molar-refractivity contribution is -0.327. The van der Waals surface area contributed by atoms with E-state index in [-0.39, 0.29) is 18.6 Å². The van der Waals surface area contributed by atoms with Gasteiger partial charge in [-0.1, -0.05) is 13.0 Å². The van der Waals surface area contributed by atoms with Gasteiger partial charge in [0, 0.05) is 11.5 Å². The molecule has 2 heterocycles. The maximum Gasteiger partial charge on any atom is 0.337 e. The summed E-state index contributed by atoms with van der Waals surface area (Å²) >= 11 is 0. The summed E-state index contributed by atoms with van der Waals surface area (Å²) in [7, 11) is 1.20. The molecule has 0 aromatic heterocycles. The van der Waals surface area contributed by atoms with Gasteiger partial charge in [-0.3, -0.25) is 4.79 Å². The van der Waals surface area contributed by atoms with Crippen molar-refractivity contribution in [2.24, 2.45) is 5.92 Å². The predicted octanol–water partition coefficient (Wildman–Crippen LogP) is -0.878. The van der Waals surface area contributed by atoms with Crippen molar-refractivity contribution in [3.8, 4) is 0 Å². The molecule has 176 valence electrons. The second kappa shape index (κ2) is 11.6. The van der Waals surface area contributed by atoms with Crippen molar-refractivity contribution in [1.82, 2.24) is 0 Å². The molecule has 11 heteroatoms. The summed E-state index contributed by atoms with van der Waals surface area (Å²) < 4.78 is 26.4. The highest BCUT2D eigenvalue weighted by Gasteiger charge is 2.46. The second-order valence-corrected chi connectivity index (χ2v) is 7.13. The summed E-state index contributed by atoms with van der Waals surface area (Å²) in [5.41, 5.74) is 0.450. The molecule has 2 aliphatic heterocycles. The summed E-state index contributed by atoms with van der Waals surface area (Å²) in [5, 5.41) is 39.4. The third kappa shape index (κ3) is 5.82. The first-order valence-corrected chi connectivity index (χ1v) is 10.00. The molecule has 1 saturated heterocycles. The number of allylic oxidation sites excluding steroid dienone is 1. The molecule has 2 rings (SSSR count). The Bertz CT molecular complexity index is 687. The van der Waals surface area contributed by atoms with Crippen molar-refractivity contribution in [2.45, 2.75) is 63.7 Å². The molecule has 11 nitrogen and oxygen atoms in total. The van der Waals surface area contributed by atoms with Gasteiger partial charge in [-0.2, -0.15) is 0 Å². The minimum absolute atomic E-state index is 0.0812. The number of aliphatic hydroxyl groups is 4. The molecule has 0 bridgehead atoms. The topological polar surface area (TPSA) is 161 Å². The van der Waals surface area contributed by atoms with Crippen molar-refractivity contribution in [3.63, 3.8) is 0 Å². The van der Waals surface area contributed by atoms with Crippen molar-refractivity contribution < 1.29 is 53.7 Å². The lowest BCUT2D eigenvalue weighted by Crippen LogP contribution is -2.60. The number of ether oxygens (including phenoxy) is 5. The molecular weight excluding hydrogens is 416 g/mol. The van der Waals surface area contributed by atoms with Gasteiger partial charge in [0.1, 0.15) is 24.4 Å². The van der Waals surface area contributed by atoms with Crippen LogP contribution in [0.3, 0.4) is 0 Å². The average Bonchev–Trinajstić information content (AvgIpc) is 2.77. The molecule has 0 spiro atoms. The lowest BCUT2D eigenvalue weighted by Gasteiger charge is -2.41. The molecule has 31 heavy (non-hydrogen) atoms. The van der Waals surface area contributed by atoms with Crippen molar-refractivity contribution >= 4 is 11.9 Å². The second-order valence-electron chi connectivity index (χ2n) is 7.13. The van der Waals surface area contributed by atoms with Crippen LogP contribution < -0.4 is 0 Å². The molecule has 2 aliphatic rings. The quantitative estimate of drug-likeness (QED) is 0.271. The molecule has 0 aromatic rings. The number of esters is 2. The van der Waals surface area contributed by atoms with Gasteiger partial charge in [0.2, 0.25) is 6.29 Å². The van der Waals surface area contributed by atoms with Crippen molar-refractivity contribution in [3.05, 3.63) is 23.5 Å². The first-order valence-electron chi connectivity index (χ1n) is 10.00. The summed E-state index contributed by atoms with van der Waals surface area (Å²) in [6.45, 7) is 3.11. The Morgan fingerprint density at radius 1 is 1.19 bits per heavy atom. The van der Waals surface area contributed by atoms with Gasteiger partial charge in [0.25, 0.3) is 0 Å². The highest BCUT2D eigenvalue weighted by molar-refractivity contribution is 5.90. The standard InChI is InChI=1S/C20H30O11/c1-4-6-28-14(22)7-11-10(5-2)19(29-9-12(11)18(26)27-3)31-20-17(25)16(24)15(23)13(8-21)30-20/h5,9,11,13,15-17,19-21,23-25H,4,6-8H2,1-3H3/t11-,13?,15?,16?,17?,19-,20?/m0/s1. The summed E-state index contributed by atoms with van der Waals surface area (Å²) in [6.07, 6.45) is -5.49. The number of carbonyl (C=O) groups is 2. The maximum atomic E-state index is 12.2. The number of methoxy groups -OCH3 is 1. The van der Waals surface area contributed by atoms with Gasteiger partial charge in [-0.25, -0.2) is 4.79 Å². The third-order valence-electron chi connectivity index (χ3n) is 5.07. The van der Waals surface area contributed by atoms with E-state index in [1.165, 1.54) is 7.11 Å². The minimum Gasteiger partial charge on any atom is -0.468 e. The van der Waals surface area contributed by atoms with Crippen LogP contribution in [0.15, 0.2) is 23.5 Å². The number of rotatable bonds is 8. The summed E-state index contributed by atoms with van der Waals surface area (Å²) in [5.74, 6) is -2.01. The van der Waals surface area contributed by atoms with E-state index < -0.39 is 61.5 Å². The van der Waals surface area contributed by atoms with Crippen LogP contribution in [0.5, 0.6) is 0 Å². The van der Waals surface area contributed by atoms with Gasteiger partial charge in [0.05, 0.1) is 38.6 Å². The van der Waals surface area contributed by atoms with E-state index in [2.05, 4.69) is 0 Å². The van der Waals surface area contributed by atoms with Gasteiger partial charge in [-0.05, 0) is 13.3 Å². The maximum absolute atomic E-state index is 12.2. The zero-order chi connectivity index (χ0) is 23.1. The van der Waals surface area contributed by atoms with Crippen LogP contribution in [-0.4, -0.2) is 89.7 Å². The monoisotopic (exact) mass is 446 g/mol. The molecule has 0 radical (unpaired) electrons. The van der Waals surface area contributed by atoms with E-state index in [4.69, 9.17) is 23.7 Å². The average molecular weight is 446 g/mol. The van der Waals surface area contributed by atoms with E-state index in [0.717, 1.165) is 6.26 Å². The van der Waals surface area contributed by atoms with Gasteiger partial charge in [-0.15, -0.1) is 0 Å². The van der Waals surface area contributed by atoms with Crippen molar-refractivity contribution in [1.29, 1.82) is 0 Å². The van der Waals surface area contributed by atoms with Crippen LogP contribution in [0, 0.1) is 5.92 Å². The smallest absolute Gasteiger partial charge is 0.337 e. The van der Waals surface area contributed by atoms with Gasteiger partial charge in [0.15, 0.2) is 6.29 Å². The minimum atomic E-state index is -1.64. The van der Waals surface area contributed by atoms with Crippen LogP contribution in [0.2, 0.25) is 0 Å². The first-order chi connectivity index (χ1) is 14.8. The largest absolute Gasteiger partial charge is 0.468 e. The Morgan fingerprint density at radius 2 is 1.90 bits per heavy atom. The fourth-order valence-corrected chi connectivity index (χ4v) is 3.37. The van der Waals surface area contributed by atoms with Gasteiger partial charge >= 0.3 is 11.9 Å². The number of hydrogen-bond acceptors (Lipinski definition) is 11. The lowest BCUT2D eigenvalue weighted by atomic mass is 9.86. The zero-order valence-electron chi connectivity index (χ0n) is 17.7. The Labute approximate surface area is 179 Å². The van der Waals surface area contributed by atoms with E-state index in [1.807, 2.05) is 6.92 Å². The molecule has 5 unspecified atom stereocenters. The molecule has 0 amide bonds. The van der Waals surface area contributed by atoms with Crippen molar-refractivity contribution in [2.75, 3.05) is 20.3 Å². The van der Waals surface area contributed by atoms with Crippen LogP contribution in [0.4, 0.5) is 0 Å². The zero-order valence-corrected chi connectivity index (χ0v) is 17.7. The molecule has 7 atom stereocenters. The fourth-order valence-electron chi connectivity index (χ4n) is 3.37. The van der Waals surface area contributed by atoms with Crippen LogP contribution in [0.25, 0.3) is 0 Å². The van der Waals surface area contributed by atoms with Crippen LogP contribution >= 0.6 is 0 Å². The molecule has 0 aromatic carbocycles. The highest BCUT2D eigenvalue weighted by atomic mass is 16.8. The molecule has 1 fully saturated rings. The molecule has 0 saturated carbocycles. The Hall–Kier alpha value is -2.02. The number of carbonyl (C=O) groups excluding carboxylic acids is 2. The molecule has 0 aliphatic carbocycles. The Morgan fingerprint density at radius 3 is 2.48 bits per heavy atom. The molecule has 4 N–H and O–H groups in total. The fraction of sp³-hybridized carbons (Fsp3) is 0.700. The summed E-state index contributed by atoms with van der Waals surface area (Å²) in [6, 6.07) is 0. The third-order valence-corrected chi connectivity index (χ3v) is 5.07. The Kier molecular flexibility index (Phi) is 9.41. The highest BCUT2D eigenvalue weighted by Crippen LogP contribution is 2.36. The SMILES string of the molecule is CC=C1[C@H](OC2OC(CO)C(O)C(O)C2O)OC=C(C(=O)OC)[C@H]1CC(=O)OCCC. The first kappa shape index (κ1) is 25.2. The molecular formula is C20H30O11. The number of hydrogen-bond donors (Lipinski definition) is 4. The van der Waals surface area contributed by atoms with Crippen LogP contribution in [0.1, 0.15) is 26.7 Å². The van der Waals surface area contributed by atoms with E-state index in [9.17, 15) is 30.0 Å². The predicted molar refractivity (Wildman–Crippen MR) is 103 cm³/mol. The summed E-state index contributed by atoms with van der Waals surface area (Å²) in [4.78, 5) is 24.4.